The summed E-state index contributed by atoms with van der Waals surface area (Å²) in [6.07, 6.45) is -1.30. The van der Waals surface area contributed by atoms with E-state index in [4.69, 9.17) is 4.74 Å². The Labute approximate surface area is 174 Å². The van der Waals surface area contributed by atoms with Crippen molar-refractivity contribution < 1.29 is 19.1 Å². The van der Waals surface area contributed by atoms with Gasteiger partial charge in [0, 0.05) is 6.42 Å². The number of benzene rings is 3. The fraction of sp³-hybridized carbons (Fsp3) is 0.125. The molecule has 3 aromatic carbocycles. The topological polar surface area (TPSA) is 75.7 Å². The van der Waals surface area contributed by atoms with Crippen LogP contribution in [0.5, 0.6) is 0 Å². The number of alkyl carbamates (subject to hydrolysis) is 1. The minimum atomic E-state index is -0.872. The van der Waals surface area contributed by atoms with Gasteiger partial charge in [0.25, 0.3) is 11.8 Å². The fourth-order valence-electron chi connectivity index (χ4n) is 3.44. The summed E-state index contributed by atoms with van der Waals surface area (Å²) in [5, 5.41) is 2.70. The number of nitrogens with zero attached hydrogens (tertiary/aromatic N) is 1. The molecule has 0 bridgehead atoms. The lowest BCUT2D eigenvalue weighted by molar-refractivity contribution is 0.0541. The van der Waals surface area contributed by atoms with Gasteiger partial charge in [0.15, 0.2) is 0 Å². The molecule has 0 saturated carbocycles. The van der Waals surface area contributed by atoms with Gasteiger partial charge in [0.2, 0.25) is 0 Å². The molecule has 1 aliphatic rings. The Balaban J connectivity index is 1.53. The SMILES string of the molecule is O=C(NC(Cc1ccccc1)N1C(=O)c2ccccc2C1=O)OCc1ccccc1. The summed E-state index contributed by atoms with van der Waals surface area (Å²) in [5.74, 6) is -0.861. The summed E-state index contributed by atoms with van der Waals surface area (Å²) in [6.45, 7) is 0.0901. The van der Waals surface area contributed by atoms with E-state index >= 15 is 0 Å². The van der Waals surface area contributed by atoms with E-state index in [1.54, 1.807) is 24.3 Å². The van der Waals surface area contributed by atoms with Crippen molar-refractivity contribution in [2.75, 3.05) is 0 Å². The predicted octanol–water partition coefficient (Wildman–Crippen LogP) is 3.78. The highest BCUT2D eigenvalue weighted by Gasteiger charge is 2.40. The maximum atomic E-state index is 12.9. The molecule has 30 heavy (non-hydrogen) atoms. The minimum absolute atomic E-state index is 0.0901. The quantitative estimate of drug-likeness (QED) is 0.639. The first-order chi connectivity index (χ1) is 14.6. The van der Waals surface area contributed by atoms with E-state index in [-0.39, 0.29) is 13.0 Å². The van der Waals surface area contributed by atoms with Crippen molar-refractivity contribution in [1.82, 2.24) is 10.2 Å². The largest absolute Gasteiger partial charge is 0.445 e. The molecule has 3 amide bonds. The lowest BCUT2D eigenvalue weighted by Gasteiger charge is -2.27. The summed E-state index contributed by atoms with van der Waals surface area (Å²) < 4.78 is 5.30. The molecule has 6 nitrogen and oxygen atoms in total. The summed E-state index contributed by atoms with van der Waals surface area (Å²) in [6, 6.07) is 25.3. The summed E-state index contributed by atoms with van der Waals surface area (Å²) >= 11 is 0. The molecule has 0 fully saturated rings. The van der Waals surface area contributed by atoms with Crippen molar-refractivity contribution in [3.8, 4) is 0 Å². The number of ether oxygens (including phenoxy) is 1. The third-order valence-corrected chi connectivity index (χ3v) is 4.91. The first-order valence-electron chi connectivity index (χ1n) is 9.61. The Morgan fingerprint density at radius 2 is 1.27 bits per heavy atom. The van der Waals surface area contributed by atoms with Gasteiger partial charge in [0.05, 0.1) is 11.1 Å². The number of hydrogen-bond donors (Lipinski definition) is 1. The summed E-state index contributed by atoms with van der Waals surface area (Å²) in [4.78, 5) is 39.4. The Hall–Kier alpha value is -3.93. The fourth-order valence-corrected chi connectivity index (χ4v) is 3.44. The van der Waals surface area contributed by atoms with Crippen LogP contribution in [-0.2, 0) is 17.8 Å². The zero-order valence-corrected chi connectivity index (χ0v) is 16.2. The van der Waals surface area contributed by atoms with Gasteiger partial charge in [0.1, 0.15) is 12.8 Å². The van der Waals surface area contributed by atoms with E-state index in [1.165, 1.54) is 0 Å². The molecule has 1 N–H and O–H groups in total. The normalized spacial score (nSPS) is 13.7. The van der Waals surface area contributed by atoms with Crippen molar-refractivity contribution in [2.24, 2.45) is 0 Å². The van der Waals surface area contributed by atoms with Crippen LogP contribution >= 0.6 is 0 Å². The van der Waals surface area contributed by atoms with Gasteiger partial charge in [-0.3, -0.25) is 14.5 Å². The molecule has 1 atom stereocenters. The zero-order chi connectivity index (χ0) is 20.9. The monoisotopic (exact) mass is 400 g/mol. The van der Waals surface area contributed by atoms with Crippen LogP contribution in [0.1, 0.15) is 31.8 Å². The molecule has 0 spiro atoms. The van der Waals surface area contributed by atoms with Crippen LogP contribution in [0, 0.1) is 0 Å². The first-order valence-corrected chi connectivity index (χ1v) is 9.61. The van der Waals surface area contributed by atoms with E-state index in [1.807, 2.05) is 60.7 Å². The second-order valence-corrected chi connectivity index (χ2v) is 6.94. The molecule has 6 heteroatoms. The average molecular weight is 400 g/mol. The van der Waals surface area contributed by atoms with Gasteiger partial charge in [-0.2, -0.15) is 0 Å². The molecule has 0 saturated heterocycles. The molecule has 1 unspecified atom stereocenters. The number of rotatable bonds is 6. The smallest absolute Gasteiger partial charge is 0.409 e. The van der Waals surface area contributed by atoms with Gasteiger partial charge >= 0.3 is 6.09 Å². The Morgan fingerprint density at radius 1 is 0.767 bits per heavy atom. The average Bonchev–Trinajstić information content (AvgIpc) is 3.04. The van der Waals surface area contributed by atoms with Gasteiger partial charge in [-0.05, 0) is 23.3 Å². The molecule has 3 aromatic rings. The van der Waals surface area contributed by atoms with Gasteiger partial charge in [-0.15, -0.1) is 0 Å². The molecule has 0 aromatic heterocycles. The van der Waals surface area contributed by atoms with E-state index < -0.39 is 24.1 Å². The van der Waals surface area contributed by atoms with Crippen LogP contribution < -0.4 is 5.32 Å². The number of carbonyl (C=O) groups excluding carboxylic acids is 3. The molecule has 0 radical (unpaired) electrons. The van der Waals surface area contributed by atoms with Gasteiger partial charge in [-0.1, -0.05) is 72.8 Å². The van der Waals surface area contributed by atoms with Crippen molar-refractivity contribution in [2.45, 2.75) is 19.2 Å². The highest BCUT2D eigenvalue weighted by molar-refractivity contribution is 6.21. The molecule has 0 aliphatic carbocycles. The summed E-state index contributed by atoms with van der Waals surface area (Å²) in [7, 11) is 0. The third kappa shape index (κ3) is 4.07. The van der Waals surface area contributed by atoms with E-state index in [0.717, 1.165) is 16.0 Å². The number of amides is 3. The second kappa shape index (κ2) is 8.61. The van der Waals surface area contributed by atoms with Crippen molar-refractivity contribution >= 4 is 17.9 Å². The van der Waals surface area contributed by atoms with Crippen molar-refractivity contribution in [3.63, 3.8) is 0 Å². The number of fused-ring (bicyclic) bond motifs is 1. The predicted molar refractivity (Wildman–Crippen MR) is 111 cm³/mol. The molecule has 150 valence electrons. The maximum absolute atomic E-state index is 12.9. The van der Waals surface area contributed by atoms with Crippen LogP contribution in [0.15, 0.2) is 84.9 Å². The molecule has 4 rings (SSSR count). The number of hydrogen-bond acceptors (Lipinski definition) is 4. The standard InChI is InChI=1S/C24H20N2O4/c27-22-19-13-7-8-14-20(19)23(28)26(22)21(15-17-9-3-1-4-10-17)25-24(29)30-16-18-11-5-2-6-12-18/h1-14,21H,15-16H2,(H,25,29). The highest BCUT2D eigenvalue weighted by atomic mass is 16.5. The molecular formula is C24H20N2O4. The van der Waals surface area contributed by atoms with Crippen LogP contribution in [0.4, 0.5) is 4.79 Å². The Morgan fingerprint density at radius 3 is 1.83 bits per heavy atom. The lowest BCUT2D eigenvalue weighted by atomic mass is 10.1. The Kier molecular flexibility index (Phi) is 5.57. The minimum Gasteiger partial charge on any atom is -0.445 e. The first kappa shape index (κ1) is 19.4. The van der Waals surface area contributed by atoms with Crippen molar-refractivity contribution in [1.29, 1.82) is 0 Å². The maximum Gasteiger partial charge on any atom is 0.409 e. The van der Waals surface area contributed by atoms with Gasteiger partial charge < -0.3 is 10.1 Å². The van der Waals surface area contributed by atoms with Crippen LogP contribution in [0.25, 0.3) is 0 Å². The molecule has 1 aliphatic heterocycles. The van der Waals surface area contributed by atoms with E-state index in [9.17, 15) is 14.4 Å². The van der Waals surface area contributed by atoms with E-state index in [0.29, 0.717) is 11.1 Å². The number of carbonyl (C=O) groups is 3. The van der Waals surface area contributed by atoms with Crippen LogP contribution in [0.3, 0.4) is 0 Å². The van der Waals surface area contributed by atoms with E-state index in [2.05, 4.69) is 5.32 Å². The third-order valence-electron chi connectivity index (χ3n) is 4.91. The van der Waals surface area contributed by atoms with Crippen LogP contribution in [0.2, 0.25) is 0 Å². The molecule has 1 heterocycles. The van der Waals surface area contributed by atoms with Crippen LogP contribution in [-0.4, -0.2) is 29.0 Å². The lowest BCUT2D eigenvalue weighted by Crippen LogP contribution is -2.52. The zero-order valence-electron chi connectivity index (χ0n) is 16.2. The molecular weight excluding hydrogens is 380 g/mol. The Bertz CT molecular complexity index is 1030. The second-order valence-electron chi connectivity index (χ2n) is 6.94. The van der Waals surface area contributed by atoms with Crippen molar-refractivity contribution in [3.05, 3.63) is 107 Å². The number of imide groups is 1. The highest BCUT2D eigenvalue weighted by Crippen LogP contribution is 2.25. The number of nitrogens with one attached hydrogen (secondary N) is 1. The summed E-state index contributed by atoms with van der Waals surface area (Å²) in [5.41, 5.74) is 2.38. The van der Waals surface area contributed by atoms with Gasteiger partial charge in [-0.25, -0.2) is 4.79 Å².